The van der Waals surface area contributed by atoms with Crippen LogP contribution in [0.5, 0.6) is 0 Å². The van der Waals surface area contributed by atoms with Gasteiger partial charge in [0.05, 0.1) is 41.5 Å². The average Bonchev–Trinajstić information content (AvgIpc) is 3.44. The average molecular weight is 672 g/mol. The number of ether oxygens (including phenoxy) is 1. The summed E-state index contributed by atoms with van der Waals surface area (Å²) < 4.78 is 30.8. The van der Waals surface area contributed by atoms with Crippen LogP contribution in [0.25, 0.3) is 0 Å². The van der Waals surface area contributed by atoms with Gasteiger partial charge in [0.1, 0.15) is 0 Å². The van der Waals surface area contributed by atoms with Crippen molar-refractivity contribution in [1.29, 1.82) is 0 Å². The fraction of sp³-hybridized carbons (Fsp3) is 0.485. The van der Waals surface area contributed by atoms with Gasteiger partial charge in [0.25, 0.3) is 11.8 Å². The second-order valence-corrected chi connectivity index (χ2v) is 13.6. The summed E-state index contributed by atoms with van der Waals surface area (Å²) in [6.45, 7) is 0.422. The van der Waals surface area contributed by atoms with E-state index in [2.05, 4.69) is 10.2 Å². The number of hydrogen-bond donors (Lipinski definition) is 1. The predicted molar refractivity (Wildman–Crippen MR) is 170 cm³/mol. The number of esters is 1. The van der Waals surface area contributed by atoms with E-state index in [-0.39, 0.29) is 50.1 Å². The van der Waals surface area contributed by atoms with Gasteiger partial charge < -0.3 is 23.9 Å². The Morgan fingerprint density at radius 2 is 1.60 bits per heavy atom. The van der Waals surface area contributed by atoms with Crippen LogP contribution < -0.4 is 10.6 Å². The van der Waals surface area contributed by atoms with Crippen LogP contribution in [-0.4, -0.2) is 85.1 Å². The number of fused-ring (bicyclic) bond motifs is 3. The van der Waals surface area contributed by atoms with Crippen molar-refractivity contribution < 1.29 is 47.2 Å². The van der Waals surface area contributed by atoms with Crippen LogP contribution in [0.2, 0.25) is 0 Å². The Hall–Kier alpha value is -3.90. The molecular weight excluding hydrogens is 629 g/mol. The lowest BCUT2D eigenvalue weighted by Gasteiger charge is -2.42. The van der Waals surface area contributed by atoms with E-state index >= 15 is 0 Å². The second kappa shape index (κ2) is 15.8. The number of piperidine rings is 1. The van der Waals surface area contributed by atoms with Crippen molar-refractivity contribution in [2.45, 2.75) is 70.6 Å². The smallest absolute Gasteiger partial charge is 0.361 e. The maximum absolute atomic E-state index is 13.7. The molecule has 5 atom stereocenters. The number of nitrogens with one attached hydrogen (secondary N) is 1. The molecule has 2 aromatic rings. The molecule has 2 saturated heterocycles. The number of carbonyl (C=O) groups is 5. The molecule has 0 aromatic heterocycles. The van der Waals surface area contributed by atoms with Crippen LogP contribution in [0, 0.1) is 5.92 Å². The van der Waals surface area contributed by atoms with Gasteiger partial charge in [-0.1, -0.05) is 42.8 Å². The first-order valence-corrected chi connectivity index (χ1v) is 16.9. The van der Waals surface area contributed by atoms with Crippen molar-refractivity contribution in [2.24, 2.45) is 5.92 Å². The third-order valence-electron chi connectivity index (χ3n) is 8.72. The molecule has 4 unspecified atom stereocenters. The van der Waals surface area contributed by atoms with Crippen LogP contribution in [0.4, 0.5) is 0 Å². The van der Waals surface area contributed by atoms with Crippen LogP contribution in [-0.2, 0) is 37.6 Å². The Kier molecular flexibility index (Phi) is 12.1. The first-order chi connectivity index (χ1) is 22.1. The molecule has 3 aliphatic heterocycles. The summed E-state index contributed by atoms with van der Waals surface area (Å²) in [6, 6.07) is 14.9. The number of nitrogens with zero attached hydrogens (tertiary/aromatic N) is 2. The molecule has 0 saturated carbocycles. The Labute approximate surface area is 274 Å². The van der Waals surface area contributed by atoms with Crippen LogP contribution in [0.3, 0.4) is 0 Å². The summed E-state index contributed by atoms with van der Waals surface area (Å²) in [5.41, 5.74) is 0.296. The monoisotopic (exact) mass is 671 g/mol. The Morgan fingerprint density at radius 1 is 0.936 bits per heavy atom. The highest BCUT2D eigenvalue weighted by atomic mass is 31.2. The number of amides is 3. The molecule has 14 heteroatoms. The minimum atomic E-state index is -3.66. The Morgan fingerprint density at radius 3 is 2.26 bits per heavy atom. The number of benzene rings is 2. The molecule has 254 valence electrons. The van der Waals surface area contributed by atoms with Gasteiger partial charge in [0.15, 0.2) is 0 Å². The number of rotatable bonds is 14. The number of carbonyl (C=O) groups excluding carboxylic acids is 5. The van der Waals surface area contributed by atoms with Gasteiger partial charge in [-0.2, -0.15) is 0 Å². The fourth-order valence-corrected chi connectivity index (χ4v) is 7.79. The standard InChI is InChI=1S/C32H38N3O10P.CH4/c1-34-21-14-15-25(34)29(26(20-21)45-46(41,42-2)22-10-4-3-5-11-22)32(40)43-19-9-8-18-33-27(36)16-17-28(37)44-35-30(38)23-12-6-7-13-24(23)31(35)39;/h3-7,10-13,21,25-26,29H,8-9,14-20H2,1-2H3,(H,33,36);1H4/t21?,25?,26?,29-,46?;/m1./s1. The summed E-state index contributed by atoms with van der Waals surface area (Å²) >= 11 is 0. The largest absolute Gasteiger partial charge is 0.465 e. The number of unbranched alkanes of at least 4 members (excludes halogenated alkanes) is 1. The van der Waals surface area contributed by atoms with E-state index in [1.165, 1.54) is 19.2 Å². The highest BCUT2D eigenvalue weighted by molar-refractivity contribution is 7.62. The van der Waals surface area contributed by atoms with E-state index in [1.54, 1.807) is 36.4 Å². The van der Waals surface area contributed by atoms with Crippen molar-refractivity contribution in [1.82, 2.24) is 15.3 Å². The van der Waals surface area contributed by atoms with Gasteiger partial charge in [0.2, 0.25) is 5.91 Å². The minimum Gasteiger partial charge on any atom is -0.465 e. The summed E-state index contributed by atoms with van der Waals surface area (Å²) in [4.78, 5) is 69.5. The maximum atomic E-state index is 13.7. The number of hydrogen-bond acceptors (Lipinski definition) is 11. The zero-order valence-electron chi connectivity index (χ0n) is 25.8. The van der Waals surface area contributed by atoms with E-state index in [9.17, 15) is 28.5 Å². The third kappa shape index (κ3) is 7.98. The molecule has 2 fully saturated rings. The maximum Gasteiger partial charge on any atom is 0.361 e. The molecular formula is C33H42N3O10P. The fourth-order valence-electron chi connectivity index (χ4n) is 6.26. The molecule has 5 rings (SSSR count). The second-order valence-electron chi connectivity index (χ2n) is 11.5. The van der Waals surface area contributed by atoms with Gasteiger partial charge in [0, 0.05) is 32.2 Å². The van der Waals surface area contributed by atoms with E-state index in [1.807, 2.05) is 13.1 Å². The van der Waals surface area contributed by atoms with E-state index < -0.39 is 49.3 Å². The summed E-state index contributed by atoms with van der Waals surface area (Å²) in [5.74, 6) is -3.79. The van der Waals surface area contributed by atoms with E-state index in [4.69, 9.17) is 18.6 Å². The Balaban J connectivity index is 0.00000500. The van der Waals surface area contributed by atoms with Gasteiger partial charge in [-0.15, -0.1) is 0 Å². The molecule has 1 N–H and O–H groups in total. The molecule has 0 radical (unpaired) electrons. The van der Waals surface area contributed by atoms with Gasteiger partial charge in [-0.05, 0) is 63.4 Å². The first kappa shape index (κ1) is 35.9. The quantitative estimate of drug-likeness (QED) is 0.135. The van der Waals surface area contributed by atoms with Gasteiger partial charge in [-0.3, -0.25) is 28.6 Å². The minimum absolute atomic E-state index is 0. The lowest BCUT2D eigenvalue weighted by Crippen LogP contribution is -2.53. The number of hydroxylamine groups is 2. The van der Waals surface area contributed by atoms with E-state index in [0.717, 1.165) is 12.8 Å². The van der Waals surface area contributed by atoms with Gasteiger partial charge >= 0.3 is 19.5 Å². The third-order valence-corrected chi connectivity index (χ3v) is 10.7. The zero-order valence-corrected chi connectivity index (χ0v) is 26.7. The lowest BCUT2D eigenvalue weighted by molar-refractivity contribution is -0.169. The predicted octanol–water partition coefficient (Wildman–Crippen LogP) is 3.63. The molecule has 2 bridgehead atoms. The highest BCUT2D eigenvalue weighted by Gasteiger charge is 2.52. The van der Waals surface area contributed by atoms with Gasteiger partial charge in [-0.25, -0.2) is 4.79 Å². The molecule has 47 heavy (non-hydrogen) atoms. The Bertz CT molecular complexity index is 1480. The first-order valence-electron chi connectivity index (χ1n) is 15.4. The summed E-state index contributed by atoms with van der Waals surface area (Å²) in [7, 11) is -0.333. The molecule has 3 amide bonds. The zero-order chi connectivity index (χ0) is 32.8. The molecule has 0 aliphatic carbocycles. The summed E-state index contributed by atoms with van der Waals surface area (Å²) in [6.07, 6.45) is 2.11. The molecule has 0 spiro atoms. The van der Waals surface area contributed by atoms with Crippen molar-refractivity contribution in [3.05, 3.63) is 65.7 Å². The summed E-state index contributed by atoms with van der Waals surface area (Å²) in [5, 5.41) is 3.53. The normalized spacial score (nSPS) is 23.0. The van der Waals surface area contributed by atoms with E-state index in [0.29, 0.717) is 36.2 Å². The van der Waals surface area contributed by atoms with Crippen LogP contribution in [0.1, 0.15) is 73.1 Å². The van der Waals surface area contributed by atoms with Crippen LogP contribution in [0.15, 0.2) is 54.6 Å². The molecule has 2 aromatic carbocycles. The highest BCUT2D eigenvalue weighted by Crippen LogP contribution is 2.52. The van der Waals surface area contributed by atoms with Crippen molar-refractivity contribution >= 4 is 42.6 Å². The van der Waals surface area contributed by atoms with Crippen LogP contribution >= 0.6 is 7.60 Å². The van der Waals surface area contributed by atoms with Crippen molar-refractivity contribution in [3.63, 3.8) is 0 Å². The molecule has 3 aliphatic rings. The SMILES string of the molecule is C.COP(=O)(OC1CC2CCC([C@H]1C(=O)OCCCCNC(=O)CCC(=O)ON1C(=O)c3ccccc3C1=O)N2C)c1ccccc1. The number of imide groups is 1. The van der Waals surface area contributed by atoms with Crippen molar-refractivity contribution in [2.75, 3.05) is 27.3 Å². The van der Waals surface area contributed by atoms with Crippen molar-refractivity contribution in [3.8, 4) is 0 Å². The molecule has 13 nitrogen and oxygen atoms in total. The molecule has 3 heterocycles. The lowest BCUT2D eigenvalue weighted by atomic mass is 9.88. The topological polar surface area (TPSA) is 158 Å².